The summed E-state index contributed by atoms with van der Waals surface area (Å²) in [6.07, 6.45) is 1.45. The summed E-state index contributed by atoms with van der Waals surface area (Å²) in [5.41, 5.74) is 0.802. The molecule has 1 aliphatic rings. The minimum absolute atomic E-state index is 0.123. The van der Waals surface area contributed by atoms with Gasteiger partial charge >= 0.3 is 0 Å². The first-order valence-electron chi connectivity index (χ1n) is 7.10. The summed E-state index contributed by atoms with van der Waals surface area (Å²) < 4.78 is 54.1. The molecule has 0 aromatic heterocycles. The van der Waals surface area contributed by atoms with Gasteiger partial charge in [0.1, 0.15) is 0 Å². The van der Waals surface area contributed by atoms with Gasteiger partial charge in [-0.2, -0.15) is 13.1 Å². The normalized spacial score (nSPS) is 18.4. The van der Waals surface area contributed by atoms with Crippen LogP contribution in [-0.4, -0.2) is 35.2 Å². The quantitative estimate of drug-likeness (QED) is 0.838. The molecule has 1 saturated heterocycles. The van der Waals surface area contributed by atoms with E-state index in [1.807, 2.05) is 0 Å². The Kier molecular flexibility index (Phi) is 4.98. The first kappa shape index (κ1) is 17.0. The molecular formula is C13H21N3O4S2. The molecule has 1 aromatic carbocycles. The van der Waals surface area contributed by atoms with E-state index in [1.54, 1.807) is 32.0 Å². The average molecular weight is 347 g/mol. The largest absolute Gasteiger partial charge is 0.299 e. The Balaban J connectivity index is 2.24. The molecule has 0 unspecified atom stereocenters. The zero-order valence-electron chi connectivity index (χ0n) is 12.6. The van der Waals surface area contributed by atoms with Gasteiger partial charge in [-0.3, -0.25) is 9.03 Å². The van der Waals surface area contributed by atoms with Crippen LogP contribution in [0.1, 0.15) is 26.7 Å². The Labute approximate surface area is 131 Å². The predicted octanol–water partition coefficient (Wildman–Crippen LogP) is 1.27. The number of sulfonamides is 1. The van der Waals surface area contributed by atoms with Crippen LogP contribution in [-0.2, 0) is 20.2 Å². The SMILES string of the molecule is CC(C)NS(=O)(=O)Nc1cccc(N2CCCCS2(=O)=O)c1. The summed E-state index contributed by atoms with van der Waals surface area (Å²) >= 11 is 0. The molecule has 0 bridgehead atoms. The fourth-order valence-corrected chi connectivity index (χ4v) is 5.05. The summed E-state index contributed by atoms with van der Waals surface area (Å²) in [6, 6.07) is 6.17. The lowest BCUT2D eigenvalue weighted by Gasteiger charge is -2.28. The fraction of sp³-hybridized carbons (Fsp3) is 0.538. The van der Waals surface area contributed by atoms with Crippen LogP contribution in [0.15, 0.2) is 24.3 Å². The molecule has 2 N–H and O–H groups in total. The lowest BCUT2D eigenvalue weighted by Crippen LogP contribution is -2.38. The lowest BCUT2D eigenvalue weighted by atomic mass is 10.2. The Morgan fingerprint density at radius 2 is 1.95 bits per heavy atom. The minimum Gasteiger partial charge on any atom is -0.271 e. The molecule has 124 valence electrons. The number of anilines is 2. The van der Waals surface area contributed by atoms with Crippen LogP contribution in [0.25, 0.3) is 0 Å². The maximum atomic E-state index is 12.1. The third kappa shape index (κ3) is 4.34. The van der Waals surface area contributed by atoms with Crippen LogP contribution in [0.2, 0.25) is 0 Å². The molecule has 1 heterocycles. The average Bonchev–Trinajstić information content (AvgIpc) is 2.36. The third-order valence-corrected chi connectivity index (χ3v) is 6.28. The number of hydrogen-bond acceptors (Lipinski definition) is 4. The number of nitrogens with one attached hydrogen (secondary N) is 2. The smallest absolute Gasteiger partial charge is 0.271 e. The van der Waals surface area contributed by atoms with E-state index in [1.165, 1.54) is 10.4 Å². The van der Waals surface area contributed by atoms with Crippen molar-refractivity contribution in [1.29, 1.82) is 0 Å². The Hall–Kier alpha value is -1.32. The molecule has 0 aliphatic carbocycles. The van der Waals surface area contributed by atoms with E-state index in [2.05, 4.69) is 9.44 Å². The first-order valence-corrected chi connectivity index (χ1v) is 10.2. The zero-order chi connectivity index (χ0) is 16.4. The summed E-state index contributed by atoms with van der Waals surface area (Å²) in [6.45, 7) is 3.86. The van der Waals surface area contributed by atoms with Gasteiger partial charge in [0.15, 0.2) is 0 Å². The highest BCUT2D eigenvalue weighted by Gasteiger charge is 2.26. The summed E-state index contributed by atoms with van der Waals surface area (Å²) in [5.74, 6) is 0.123. The van der Waals surface area contributed by atoms with E-state index in [0.717, 1.165) is 6.42 Å². The van der Waals surface area contributed by atoms with E-state index < -0.39 is 20.2 Å². The molecule has 1 aromatic rings. The highest BCUT2D eigenvalue weighted by Crippen LogP contribution is 2.26. The highest BCUT2D eigenvalue weighted by atomic mass is 32.2. The Morgan fingerprint density at radius 1 is 1.23 bits per heavy atom. The molecule has 0 atom stereocenters. The maximum absolute atomic E-state index is 12.1. The van der Waals surface area contributed by atoms with Crippen molar-refractivity contribution < 1.29 is 16.8 Å². The first-order chi connectivity index (χ1) is 10.2. The minimum atomic E-state index is -3.68. The number of benzene rings is 1. The third-order valence-electron chi connectivity index (χ3n) is 3.13. The van der Waals surface area contributed by atoms with Crippen molar-refractivity contribution in [2.75, 3.05) is 21.3 Å². The van der Waals surface area contributed by atoms with Gasteiger partial charge in [-0.05, 0) is 44.9 Å². The molecule has 0 saturated carbocycles. The molecule has 1 aliphatic heterocycles. The van der Waals surface area contributed by atoms with Crippen LogP contribution in [0.4, 0.5) is 11.4 Å². The topological polar surface area (TPSA) is 95.6 Å². The van der Waals surface area contributed by atoms with Gasteiger partial charge in [-0.25, -0.2) is 8.42 Å². The molecule has 22 heavy (non-hydrogen) atoms. The van der Waals surface area contributed by atoms with Crippen LogP contribution in [0, 0.1) is 0 Å². The monoisotopic (exact) mass is 347 g/mol. The second-order valence-electron chi connectivity index (χ2n) is 5.52. The van der Waals surface area contributed by atoms with Crippen molar-refractivity contribution in [3.8, 4) is 0 Å². The Bertz CT molecular complexity index is 729. The van der Waals surface area contributed by atoms with Gasteiger partial charge in [0.2, 0.25) is 10.0 Å². The van der Waals surface area contributed by atoms with E-state index in [4.69, 9.17) is 0 Å². The summed E-state index contributed by atoms with van der Waals surface area (Å²) in [4.78, 5) is 0. The maximum Gasteiger partial charge on any atom is 0.299 e. The molecule has 7 nitrogen and oxygen atoms in total. The zero-order valence-corrected chi connectivity index (χ0v) is 14.2. The van der Waals surface area contributed by atoms with Crippen molar-refractivity contribution >= 4 is 31.6 Å². The number of rotatable bonds is 5. The standard InChI is InChI=1S/C13H21N3O4S2/c1-11(2)14-22(19,20)15-12-6-5-7-13(10-12)16-8-3-4-9-21(16,17)18/h5-7,10-11,14-15H,3-4,8-9H2,1-2H3. The van der Waals surface area contributed by atoms with Crippen LogP contribution >= 0.6 is 0 Å². The van der Waals surface area contributed by atoms with Crippen molar-refractivity contribution in [1.82, 2.24) is 4.72 Å². The van der Waals surface area contributed by atoms with Gasteiger partial charge in [0.25, 0.3) is 10.2 Å². The molecule has 0 spiro atoms. The van der Waals surface area contributed by atoms with E-state index in [0.29, 0.717) is 24.3 Å². The van der Waals surface area contributed by atoms with Gasteiger partial charge in [-0.15, -0.1) is 0 Å². The highest BCUT2D eigenvalue weighted by molar-refractivity contribution is 7.92. The second-order valence-corrected chi connectivity index (χ2v) is 8.98. The number of hydrogen-bond donors (Lipinski definition) is 2. The van der Waals surface area contributed by atoms with Crippen molar-refractivity contribution in [3.63, 3.8) is 0 Å². The molecular weight excluding hydrogens is 326 g/mol. The van der Waals surface area contributed by atoms with Crippen LogP contribution in [0.3, 0.4) is 0 Å². The van der Waals surface area contributed by atoms with E-state index in [9.17, 15) is 16.8 Å². The molecule has 0 radical (unpaired) electrons. The summed E-state index contributed by atoms with van der Waals surface area (Å²) in [5, 5.41) is 0. The van der Waals surface area contributed by atoms with Gasteiger partial charge < -0.3 is 0 Å². The second kappa shape index (κ2) is 6.43. The van der Waals surface area contributed by atoms with Crippen molar-refractivity contribution in [3.05, 3.63) is 24.3 Å². The molecule has 0 amide bonds. The number of nitrogens with zero attached hydrogens (tertiary/aromatic N) is 1. The van der Waals surface area contributed by atoms with Gasteiger partial charge in [0.05, 0.1) is 17.1 Å². The molecule has 9 heteroatoms. The lowest BCUT2D eigenvalue weighted by molar-refractivity contribution is 0.573. The fourth-order valence-electron chi connectivity index (χ4n) is 2.30. The Morgan fingerprint density at radius 3 is 2.59 bits per heavy atom. The molecule has 1 fully saturated rings. The van der Waals surface area contributed by atoms with Crippen LogP contribution < -0.4 is 13.7 Å². The van der Waals surface area contributed by atoms with E-state index in [-0.39, 0.29) is 11.8 Å². The van der Waals surface area contributed by atoms with Crippen molar-refractivity contribution in [2.45, 2.75) is 32.7 Å². The van der Waals surface area contributed by atoms with Crippen molar-refractivity contribution in [2.24, 2.45) is 0 Å². The van der Waals surface area contributed by atoms with Gasteiger partial charge in [0, 0.05) is 12.6 Å². The summed E-state index contributed by atoms with van der Waals surface area (Å²) in [7, 11) is -6.99. The van der Waals surface area contributed by atoms with Gasteiger partial charge in [-0.1, -0.05) is 6.07 Å². The van der Waals surface area contributed by atoms with Crippen LogP contribution in [0.5, 0.6) is 0 Å². The predicted molar refractivity (Wildman–Crippen MR) is 87.6 cm³/mol. The molecule has 2 rings (SSSR count). The van der Waals surface area contributed by atoms with E-state index >= 15 is 0 Å².